The van der Waals surface area contributed by atoms with Crippen molar-refractivity contribution in [1.82, 2.24) is 5.32 Å². The Hall–Kier alpha value is -0.900. The van der Waals surface area contributed by atoms with Crippen LogP contribution in [0.5, 0.6) is 0 Å². The van der Waals surface area contributed by atoms with Crippen LogP contribution in [0.2, 0.25) is 0 Å². The molecule has 1 N–H and O–H groups in total. The Bertz CT molecular complexity index is 396. The van der Waals surface area contributed by atoms with Crippen LogP contribution < -0.4 is 5.32 Å². The zero-order valence-electron chi connectivity index (χ0n) is 12.9. The summed E-state index contributed by atoms with van der Waals surface area (Å²) in [5.41, 5.74) is 2.60. The maximum Gasteiger partial charge on any atom is 0.106 e. The normalized spacial score (nSPS) is 23.9. The third kappa shape index (κ3) is 3.60. The van der Waals surface area contributed by atoms with Crippen LogP contribution in [0.25, 0.3) is 0 Å². The van der Waals surface area contributed by atoms with E-state index < -0.39 is 0 Å². The number of rotatable bonds is 7. The maximum absolute atomic E-state index is 5.68. The van der Waals surface area contributed by atoms with Crippen molar-refractivity contribution in [2.45, 2.75) is 44.8 Å². The summed E-state index contributed by atoms with van der Waals surface area (Å²) in [4.78, 5) is 0. The molecule has 2 rings (SSSR count). The first-order valence-corrected chi connectivity index (χ1v) is 7.68. The largest absolute Gasteiger partial charge is 0.378 e. The van der Waals surface area contributed by atoms with E-state index in [1.807, 2.05) is 0 Å². The van der Waals surface area contributed by atoms with Gasteiger partial charge in [-0.05, 0) is 24.0 Å². The molecule has 1 aromatic rings. The second-order valence-corrected chi connectivity index (χ2v) is 5.63. The molecule has 3 nitrogen and oxygen atoms in total. The van der Waals surface area contributed by atoms with Gasteiger partial charge >= 0.3 is 0 Å². The van der Waals surface area contributed by atoms with Crippen LogP contribution in [0.4, 0.5) is 0 Å². The Morgan fingerprint density at radius 2 is 2.05 bits per heavy atom. The van der Waals surface area contributed by atoms with Crippen LogP contribution in [-0.4, -0.2) is 32.5 Å². The highest BCUT2D eigenvalue weighted by atomic mass is 16.5. The number of hydrogen-bond donors (Lipinski definition) is 1. The summed E-state index contributed by atoms with van der Waals surface area (Å²) in [6, 6.07) is 9.32. The fourth-order valence-electron chi connectivity index (χ4n) is 2.75. The van der Waals surface area contributed by atoms with E-state index in [1.54, 1.807) is 7.11 Å². The lowest BCUT2D eigenvalue weighted by atomic mass is 9.99. The van der Waals surface area contributed by atoms with Crippen molar-refractivity contribution in [2.24, 2.45) is 0 Å². The molecule has 1 aromatic carbocycles. The SMILES string of the molecule is CCc1ccc(C(CC)NCC2(OC)CCOC2)cc1. The minimum atomic E-state index is -0.142. The molecule has 0 saturated carbocycles. The van der Waals surface area contributed by atoms with Gasteiger partial charge in [0.25, 0.3) is 0 Å². The maximum atomic E-state index is 5.68. The molecule has 0 radical (unpaired) electrons. The average Bonchev–Trinajstić information content (AvgIpc) is 2.98. The Kier molecular flexibility index (Phi) is 5.58. The first-order valence-electron chi connectivity index (χ1n) is 7.68. The molecule has 0 aromatic heterocycles. The minimum Gasteiger partial charge on any atom is -0.378 e. The van der Waals surface area contributed by atoms with Crippen LogP contribution in [0, 0.1) is 0 Å². The van der Waals surface area contributed by atoms with E-state index in [0.29, 0.717) is 12.6 Å². The summed E-state index contributed by atoms with van der Waals surface area (Å²) < 4.78 is 11.2. The first-order chi connectivity index (χ1) is 9.73. The molecule has 0 aliphatic carbocycles. The van der Waals surface area contributed by atoms with Gasteiger partial charge in [-0.15, -0.1) is 0 Å². The second kappa shape index (κ2) is 7.21. The van der Waals surface area contributed by atoms with Gasteiger partial charge in [-0.25, -0.2) is 0 Å². The van der Waals surface area contributed by atoms with E-state index in [-0.39, 0.29) is 5.60 Å². The van der Waals surface area contributed by atoms with Crippen molar-refractivity contribution in [3.05, 3.63) is 35.4 Å². The summed E-state index contributed by atoms with van der Waals surface area (Å²) in [7, 11) is 1.79. The summed E-state index contributed by atoms with van der Waals surface area (Å²) >= 11 is 0. The van der Waals surface area contributed by atoms with Gasteiger partial charge in [-0.2, -0.15) is 0 Å². The number of hydrogen-bond acceptors (Lipinski definition) is 3. The number of aryl methyl sites for hydroxylation is 1. The van der Waals surface area contributed by atoms with Crippen molar-refractivity contribution in [3.8, 4) is 0 Å². The molecular formula is C17H27NO2. The molecule has 112 valence electrons. The highest BCUT2D eigenvalue weighted by Crippen LogP contribution is 2.24. The minimum absolute atomic E-state index is 0.142. The molecule has 2 atom stereocenters. The van der Waals surface area contributed by atoms with Crippen LogP contribution in [-0.2, 0) is 15.9 Å². The fraction of sp³-hybridized carbons (Fsp3) is 0.647. The Labute approximate surface area is 122 Å². The standard InChI is InChI=1S/C17H27NO2/c1-4-14-6-8-15(9-7-14)16(5-2)18-12-17(19-3)10-11-20-13-17/h6-9,16,18H,4-5,10-13H2,1-3H3. The van der Waals surface area contributed by atoms with Crippen molar-refractivity contribution in [1.29, 1.82) is 0 Å². The molecule has 1 fully saturated rings. The van der Waals surface area contributed by atoms with Crippen molar-refractivity contribution < 1.29 is 9.47 Å². The molecule has 0 bridgehead atoms. The lowest BCUT2D eigenvalue weighted by Crippen LogP contribution is -2.44. The predicted molar refractivity (Wildman–Crippen MR) is 82.0 cm³/mol. The van der Waals surface area contributed by atoms with Gasteiger partial charge in [0, 0.05) is 32.7 Å². The van der Waals surface area contributed by atoms with E-state index in [1.165, 1.54) is 11.1 Å². The van der Waals surface area contributed by atoms with Gasteiger partial charge in [-0.1, -0.05) is 38.1 Å². The monoisotopic (exact) mass is 277 g/mol. The van der Waals surface area contributed by atoms with E-state index in [9.17, 15) is 0 Å². The molecule has 1 saturated heterocycles. The average molecular weight is 277 g/mol. The zero-order chi connectivity index (χ0) is 14.4. The van der Waals surface area contributed by atoms with Gasteiger partial charge in [0.05, 0.1) is 6.61 Å². The second-order valence-electron chi connectivity index (χ2n) is 5.63. The van der Waals surface area contributed by atoms with Gasteiger partial charge in [0.15, 0.2) is 0 Å². The van der Waals surface area contributed by atoms with Crippen LogP contribution >= 0.6 is 0 Å². The lowest BCUT2D eigenvalue weighted by molar-refractivity contribution is -0.0176. The molecule has 0 spiro atoms. The summed E-state index contributed by atoms with van der Waals surface area (Å²) in [5.74, 6) is 0. The van der Waals surface area contributed by atoms with Crippen LogP contribution in [0.1, 0.15) is 43.9 Å². The Balaban J connectivity index is 1.97. The van der Waals surface area contributed by atoms with Gasteiger partial charge in [0.1, 0.15) is 5.60 Å². The van der Waals surface area contributed by atoms with E-state index in [2.05, 4.69) is 43.4 Å². The Morgan fingerprint density at radius 1 is 1.30 bits per heavy atom. The van der Waals surface area contributed by atoms with Gasteiger partial charge < -0.3 is 14.8 Å². The third-order valence-corrected chi connectivity index (χ3v) is 4.37. The smallest absolute Gasteiger partial charge is 0.106 e. The molecular weight excluding hydrogens is 250 g/mol. The van der Waals surface area contributed by atoms with E-state index >= 15 is 0 Å². The highest BCUT2D eigenvalue weighted by Gasteiger charge is 2.35. The fourth-order valence-corrected chi connectivity index (χ4v) is 2.75. The summed E-state index contributed by atoms with van der Waals surface area (Å²) in [5, 5.41) is 3.65. The lowest BCUT2D eigenvalue weighted by Gasteiger charge is -2.29. The zero-order valence-corrected chi connectivity index (χ0v) is 12.9. The molecule has 1 aliphatic heterocycles. The molecule has 3 heteroatoms. The van der Waals surface area contributed by atoms with Crippen molar-refractivity contribution in [2.75, 3.05) is 26.9 Å². The molecule has 1 aliphatic rings. The molecule has 0 amide bonds. The van der Waals surface area contributed by atoms with Crippen molar-refractivity contribution >= 4 is 0 Å². The third-order valence-electron chi connectivity index (χ3n) is 4.37. The number of benzene rings is 1. The molecule has 1 heterocycles. The predicted octanol–water partition coefficient (Wildman–Crippen LogP) is 3.10. The highest BCUT2D eigenvalue weighted by molar-refractivity contribution is 5.25. The number of nitrogens with one attached hydrogen (secondary N) is 1. The van der Waals surface area contributed by atoms with Gasteiger partial charge in [-0.3, -0.25) is 0 Å². The Morgan fingerprint density at radius 3 is 2.55 bits per heavy atom. The van der Waals surface area contributed by atoms with Crippen molar-refractivity contribution in [3.63, 3.8) is 0 Å². The van der Waals surface area contributed by atoms with Gasteiger partial charge in [0.2, 0.25) is 0 Å². The molecule has 20 heavy (non-hydrogen) atoms. The first kappa shape index (κ1) is 15.5. The summed E-state index contributed by atoms with van der Waals surface area (Å²) in [6.45, 7) is 6.75. The van der Waals surface area contributed by atoms with E-state index in [4.69, 9.17) is 9.47 Å². The van der Waals surface area contributed by atoms with Crippen LogP contribution in [0.15, 0.2) is 24.3 Å². The number of ether oxygens (including phenoxy) is 2. The summed E-state index contributed by atoms with van der Waals surface area (Å²) in [6.07, 6.45) is 3.14. The molecule has 2 unspecified atom stereocenters. The number of methoxy groups -OCH3 is 1. The quantitative estimate of drug-likeness (QED) is 0.831. The van der Waals surface area contributed by atoms with Crippen LogP contribution in [0.3, 0.4) is 0 Å². The van der Waals surface area contributed by atoms with E-state index in [0.717, 1.165) is 32.4 Å². The topological polar surface area (TPSA) is 30.5 Å².